The van der Waals surface area contributed by atoms with Gasteiger partial charge in [-0.1, -0.05) is 24.3 Å². The molecule has 4 nitrogen and oxygen atoms in total. The van der Waals surface area contributed by atoms with E-state index in [-0.39, 0.29) is 23.3 Å². The fourth-order valence-electron chi connectivity index (χ4n) is 5.09. The van der Waals surface area contributed by atoms with Crippen LogP contribution in [0.15, 0.2) is 48.5 Å². The van der Waals surface area contributed by atoms with E-state index in [9.17, 15) is 9.18 Å². The van der Waals surface area contributed by atoms with Crippen LogP contribution in [-0.2, 0) is 22.5 Å². The molecule has 1 spiro atoms. The van der Waals surface area contributed by atoms with E-state index in [4.69, 9.17) is 4.74 Å². The number of aromatic amines is 1. The van der Waals surface area contributed by atoms with Gasteiger partial charge in [-0.2, -0.15) is 0 Å². The highest BCUT2D eigenvalue weighted by atomic mass is 19.1. The fourth-order valence-corrected chi connectivity index (χ4v) is 5.09. The Balaban J connectivity index is 1.22. The summed E-state index contributed by atoms with van der Waals surface area (Å²) in [5.74, 6) is -0.471. The summed E-state index contributed by atoms with van der Waals surface area (Å²) >= 11 is 0. The summed E-state index contributed by atoms with van der Waals surface area (Å²) in [7, 11) is 0. The van der Waals surface area contributed by atoms with Crippen molar-refractivity contribution in [3.8, 4) is 0 Å². The zero-order valence-corrected chi connectivity index (χ0v) is 17.3. The molecule has 156 valence electrons. The van der Waals surface area contributed by atoms with E-state index in [1.807, 2.05) is 0 Å². The van der Waals surface area contributed by atoms with Crippen LogP contribution in [0.25, 0.3) is 10.9 Å². The van der Waals surface area contributed by atoms with Crippen molar-refractivity contribution in [2.45, 2.75) is 44.8 Å². The van der Waals surface area contributed by atoms with E-state index in [0.29, 0.717) is 6.42 Å². The maximum atomic E-state index is 13.1. The molecular weight excluding hydrogens is 379 g/mol. The Morgan fingerprint density at radius 1 is 1.17 bits per heavy atom. The molecule has 0 amide bonds. The van der Waals surface area contributed by atoms with Crippen LogP contribution in [0.5, 0.6) is 0 Å². The normalized spacial score (nSPS) is 21.4. The third-order valence-corrected chi connectivity index (χ3v) is 6.71. The van der Waals surface area contributed by atoms with Crippen molar-refractivity contribution in [3.05, 3.63) is 71.2 Å². The smallest absolute Gasteiger partial charge is 0.309 e. The van der Waals surface area contributed by atoms with E-state index in [1.54, 1.807) is 12.1 Å². The summed E-state index contributed by atoms with van der Waals surface area (Å²) in [6, 6.07) is 15.1. The Kier molecular flexibility index (Phi) is 4.86. The van der Waals surface area contributed by atoms with E-state index in [0.717, 1.165) is 44.5 Å². The molecule has 1 unspecified atom stereocenters. The van der Waals surface area contributed by atoms with Crippen LogP contribution in [0, 0.1) is 18.7 Å². The molecule has 2 saturated heterocycles. The number of H-pyrrole nitrogens is 1. The molecule has 30 heavy (non-hydrogen) atoms. The molecule has 0 aliphatic carbocycles. The fraction of sp³-hybridized carbons (Fsp3) is 0.400. The van der Waals surface area contributed by atoms with Gasteiger partial charge in [-0.25, -0.2) is 4.39 Å². The molecule has 2 fully saturated rings. The van der Waals surface area contributed by atoms with Gasteiger partial charge >= 0.3 is 5.97 Å². The highest BCUT2D eigenvalue weighted by Crippen LogP contribution is 2.41. The van der Waals surface area contributed by atoms with Gasteiger partial charge in [0.15, 0.2) is 0 Å². The zero-order valence-electron chi connectivity index (χ0n) is 17.3. The number of fused-ring (bicyclic) bond motifs is 1. The summed E-state index contributed by atoms with van der Waals surface area (Å²) in [6.07, 6.45) is 3.14. The SMILES string of the molecule is Cc1cc2c(CN3CCC4(CC3)CC(Cc3ccc(F)cc3)C(=O)O4)cccc2[nH]1. The summed E-state index contributed by atoms with van der Waals surface area (Å²) in [6.45, 7) is 4.86. The Morgan fingerprint density at radius 2 is 1.93 bits per heavy atom. The highest BCUT2D eigenvalue weighted by Gasteiger charge is 2.48. The molecule has 0 radical (unpaired) electrons. The molecule has 1 aromatic heterocycles. The van der Waals surface area contributed by atoms with Gasteiger partial charge in [-0.15, -0.1) is 0 Å². The number of nitrogens with one attached hydrogen (secondary N) is 1. The lowest BCUT2D eigenvalue weighted by Crippen LogP contribution is -2.44. The number of halogens is 1. The second kappa shape index (κ2) is 7.55. The van der Waals surface area contributed by atoms with Crippen molar-refractivity contribution in [1.82, 2.24) is 9.88 Å². The average molecular weight is 407 g/mol. The van der Waals surface area contributed by atoms with Gasteiger partial charge in [0.25, 0.3) is 0 Å². The first-order valence-electron chi connectivity index (χ1n) is 10.8. The molecule has 0 bridgehead atoms. The molecule has 1 atom stereocenters. The Labute approximate surface area is 176 Å². The van der Waals surface area contributed by atoms with Gasteiger partial charge in [-0.05, 0) is 48.7 Å². The Bertz CT molecular complexity index is 1060. The maximum Gasteiger partial charge on any atom is 0.309 e. The third-order valence-electron chi connectivity index (χ3n) is 6.71. The number of carbonyl (C=O) groups excluding carboxylic acids is 1. The molecule has 5 heteroatoms. The molecule has 2 aliphatic rings. The first kappa shape index (κ1) is 19.3. The number of carbonyl (C=O) groups is 1. The van der Waals surface area contributed by atoms with Crippen molar-refractivity contribution in [2.24, 2.45) is 5.92 Å². The maximum absolute atomic E-state index is 13.1. The van der Waals surface area contributed by atoms with Crippen LogP contribution in [0.2, 0.25) is 0 Å². The number of hydrogen-bond acceptors (Lipinski definition) is 3. The lowest BCUT2D eigenvalue weighted by molar-refractivity contribution is -0.153. The van der Waals surface area contributed by atoms with Crippen LogP contribution < -0.4 is 0 Å². The Morgan fingerprint density at radius 3 is 2.70 bits per heavy atom. The van der Waals surface area contributed by atoms with E-state index >= 15 is 0 Å². The molecule has 3 heterocycles. The van der Waals surface area contributed by atoms with Gasteiger partial charge in [-0.3, -0.25) is 9.69 Å². The largest absolute Gasteiger partial charge is 0.459 e. The minimum absolute atomic E-state index is 0.0969. The molecular formula is C25H27FN2O2. The van der Waals surface area contributed by atoms with Crippen LogP contribution in [-0.4, -0.2) is 34.5 Å². The number of esters is 1. The van der Waals surface area contributed by atoms with Crippen molar-refractivity contribution in [1.29, 1.82) is 0 Å². The lowest BCUT2D eigenvalue weighted by atomic mass is 9.83. The number of aryl methyl sites for hydroxylation is 1. The highest BCUT2D eigenvalue weighted by molar-refractivity contribution is 5.83. The van der Waals surface area contributed by atoms with E-state index < -0.39 is 0 Å². The average Bonchev–Trinajstić information content (AvgIpc) is 3.25. The van der Waals surface area contributed by atoms with Crippen LogP contribution in [0.1, 0.15) is 36.1 Å². The topological polar surface area (TPSA) is 45.3 Å². The summed E-state index contributed by atoms with van der Waals surface area (Å²) in [4.78, 5) is 18.4. The number of hydrogen-bond donors (Lipinski definition) is 1. The van der Waals surface area contributed by atoms with Gasteiger partial charge in [0.2, 0.25) is 0 Å². The third kappa shape index (κ3) is 3.74. The van der Waals surface area contributed by atoms with Crippen LogP contribution in [0.3, 0.4) is 0 Å². The molecule has 3 aromatic rings. The van der Waals surface area contributed by atoms with E-state index in [2.05, 4.69) is 41.1 Å². The van der Waals surface area contributed by atoms with Crippen molar-refractivity contribution < 1.29 is 13.9 Å². The molecule has 1 N–H and O–H groups in total. The van der Waals surface area contributed by atoms with Crippen LogP contribution >= 0.6 is 0 Å². The second-order valence-electron chi connectivity index (χ2n) is 8.94. The lowest BCUT2D eigenvalue weighted by Gasteiger charge is -2.38. The van der Waals surface area contributed by atoms with Crippen LogP contribution in [0.4, 0.5) is 4.39 Å². The second-order valence-corrected chi connectivity index (χ2v) is 8.94. The first-order valence-corrected chi connectivity index (χ1v) is 10.8. The molecule has 0 saturated carbocycles. The number of aromatic nitrogens is 1. The summed E-state index contributed by atoms with van der Waals surface area (Å²) in [5.41, 5.74) is 4.37. The predicted molar refractivity (Wildman–Crippen MR) is 115 cm³/mol. The predicted octanol–water partition coefficient (Wildman–Crippen LogP) is 4.76. The number of benzene rings is 2. The Hall–Kier alpha value is -2.66. The summed E-state index contributed by atoms with van der Waals surface area (Å²) in [5, 5.41) is 1.29. The number of piperidine rings is 1. The molecule has 2 aromatic carbocycles. The molecule has 2 aliphatic heterocycles. The van der Waals surface area contributed by atoms with E-state index in [1.165, 1.54) is 34.3 Å². The quantitative estimate of drug-likeness (QED) is 0.636. The standard InChI is InChI=1S/C25H27FN2O2/c1-17-13-22-19(3-2-4-23(22)27-17)16-28-11-9-25(10-12-28)15-20(24(29)30-25)14-18-5-7-21(26)8-6-18/h2-8,13,20,27H,9-12,14-16H2,1H3. The number of rotatable bonds is 4. The number of likely N-dealkylation sites (tertiary alicyclic amines) is 1. The van der Waals surface area contributed by atoms with Crippen molar-refractivity contribution in [3.63, 3.8) is 0 Å². The van der Waals surface area contributed by atoms with Gasteiger partial charge in [0, 0.05) is 55.5 Å². The van der Waals surface area contributed by atoms with Gasteiger partial charge in [0.05, 0.1) is 5.92 Å². The zero-order chi connectivity index (χ0) is 20.7. The van der Waals surface area contributed by atoms with Gasteiger partial charge in [0.1, 0.15) is 11.4 Å². The minimum atomic E-state index is -0.324. The minimum Gasteiger partial charge on any atom is -0.459 e. The molecule has 5 rings (SSSR count). The number of ether oxygens (including phenoxy) is 1. The summed E-state index contributed by atoms with van der Waals surface area (Å²) < 4.78 is 19.1. The monoisotopic (exact) mass is 406 g/mol. The van der Waals surface area contributed by atoms with Gasteiger partial charge < -0.3 is 9.72 Å². The number of nitrogens with zero attached hydrogens (tertiary/aromatic N) is 1. The van der Waals surface area contributed by atoms with Crippen molar-refractivity contribution in [2.75, 3.05) is 13.1 Å². The van der Waals surface area contributed by atoms with Crippen molar-refractivity contribution >= 4 is 16.9 Å². The first-order chi connectivity index (χ1) is 14.5.